The highest BCUT2D eigenvalue weighted by Crippen LogP contribution is 2.33. The van der Waals surface area contributed by atoms with Gasteiger partial charge in [-0.1, -0.05) is 11.6 Å². The molecule has 108 valence electrons. The smallest absolute Gasteiger partial charge is 0.228 e. The van der Waals surface area contributed by atoms with E-state index in [2.05, 4.69) is 29.4 Å². The number of hydrogen-bond donors (Lipinski definition) is 2. The molecule has 1 aromatic carbocycles. The largest absolute Gasteiger partial charge is 0.380 e. The molecular weight excluding hydrogens is 274 g/mol. The topological polar surface area (TPSA) is 44.4 Å². The lowest BCUT2D eigenvalue weighted by molar-refractivity contribution is -0.115. The summed E-state index contributed by atoms with van der Waals surface area (Å²) in [6.45, 7) is 6.62. The zero-order chi connectivity index (χ0) is 14.3. The van der Waals surface area contributed by atoms with Gasteiger partial charge in [0, 0.05) is 30.9 Å². The fraction of sp³-hybridized carbons (Fsp3) is 0.533. The molecule has 20 heavy (non-hydrogen) atoms. The van der Waals surface area contributed by atoms with Crippen molar-refractivity contribution in [3.05, 3.63) is 22.7 Å². The molecule has 1 aromatic rings. The lowest BCUT2D eigenvalue weighted by atomic mass is 10.1. The Morgan fingerprint density at radius 2 is 2.25 bits per heavy atom. The Balaban J connectivity index is 1.73. The van der Waals surface area contributed by atoms with Gasteiger partial charge in [0.05, 0.1) is 17.1 Å². The van der Waals surface area contributed by atoms with Gasteiger partial charge in [-0.3, -0.25) is 9.69 Å². The van der Waals surface area contributed by atoms with E-state index < -0.39 is 0 Å². The summed E-state index contributed by atoms with van der Waals surface area (Å²) in [6.07, 6.45) is 1.58. The molecule has 1 fully saturated rings. The Morgan fingerprint density at radius 3 is 2.95 bits per heavy atom. The molecule has 0 radical (unpaired) electrons. The van der Waals surface area contributed by atoms with Crippen molar-refractivity contribution in [2.75, 3.05) is 23.7 Å². The maximum Gasteiger partial charge on any atom is 0.228 e. The van der Waals surface area contributed by atoms with E-state index in [1.165, 1.54) is 0 Å². The van der Waals surface area contributed by atoms with Crippen molar-refractivity contribution in [1.29, 1.82) is 0 Å². The van der Waals surface area contributed by atoms with Crippen LogP contribution in [0.4, 0.5) is 11.4 Å². The third-order valence-corrected chi connectivity index (χ3v) is 4.44. The monoisotopic (exact) mass is 293 g/mol. The zero-order valence-corrected chi connectivity index (χ0v) is 12.6. The number of carbonyl (C=O) groups is 1. The minimum Gasteiger partial charge on any atom is -0.380 e. The molecule has 0 bridgehead atoms. The predicted octanol–water partition coefficient (Wildman–Crippen LogP) is 2.73. The SMILES string of the molecule is CC(C)N1CCC(Nc2cc3c(cc2Cl)NC(=O)C3)C1. The quantitative estimate of drug-likeness (QED) is 0.901. The fourth-order valence-corrected chi connectivity index (χ4v) is 3.17. The third-order valence-electron chi connectivity index (χ3n) is 4.13. The second-order valence-electron chi connectivity index (χ2n) is 5.93. The molecule has 5 heteroatoms. The van der Waals surface area contributed by atoms with Crippen LogP contribution in [0.1, 0.15) is 25.8 Å². The average Bonchev–Trinajstić information content (AvgIpc) is 2.95. The maximum atomic E-state index is 11.4. The van der Waals surface area contributed by atoms with Crippen LogP contribution >= 0.6 is 11.6 Å². The Kier molecular flexibility index (Phi) is 3.61. The van der Waals surface area contributed by atoms with Crippen molar-refractivity contribution in [3.63, 3.8) is 0 Å². The minimum absolute atomic E-state index is 0.0417. The van der Waals surface area contributed by atoms with Crippen LogP contribution in [-0.4, -0.2) is 36.0 Å². The summed E-state index contributed by atoms with van der Waals surface area (Å²) in [6, 6.07) is 4.87. The van der Waals surface area contributed by atoms with Gasteiger partial charge in [-0.05, 0) is 38.0 Å². The van der Waals surface area contributed by atoms with Crippen molar-refractivity contribution < 1.29 is 4.79 Å². The van der Waals surface area contributed by atoms with E-state index in [1.54, 1.807) is 0 Å². The van der Waals surface area contributed by atoms with Gasteiger partial charge in [-0.15, -0.1) is 0 Å². The van der Waals surface area contributed by atoms with Gasteiger partial charge in [-0.25, -0.2) is 0 Å². The van der Waals surface area contributed by atoms with Crippen LogP contribution in [0.15, 0.2) is 12.1 Å². The number of rotatable bonds is 3. The Labute approximate surface area is 124 Å². The molecule has 0 aromatic heterocycles. The molecule has 4 nitrogen and oxygen atoms in total. The van der Waals surface area contributed by atoms with E-state index in [0.29, 0.717) is 23.5 Å². The van der Waals surface area contributed by atoms with Gasteiger partial charge in [0.15, 0.2) is 0 Å². The van der Waals surface area contributed by atoms with Crippen LogP contribution in [-0.2, 0) is 11.2 Å². The first-order valence-electron chi connectivity index (χ1n) is 7.16. The molecular formula is C15H20ClN3O. The molecule has 0 aliphatic carbocycles. The second-order valence-corrected chi connectivity index (χ2v) is 6.34. The normalized spacial score (nSPS) is 22.2. The van der Waals surface area contributed by atoms with Crippen molar-refractivity contribution in [2.45, 2.75) is 38.8 Å². The highest BCUT2D eigenvalue weighted by atomic mass is 35.5. The van der Waals surface area contributed by atoms with Crippen LogP contribution in [0.3, 0.4) is 0 Å². The highest BCUT2D eigenvalue weighted by Gasteiger charge is 2.25. The number of benzene rings is 1. The first kappa shape index (κ1) is 13.7. The fourth-order valence-electron chi connectivity index (χ4n) is 2.95. The van der Waals surface area contributed by atoms with Gasteiger partial charge in [0.25, 0.3) is 0 Å². The number of halogens is 1. The molecule has 3 rings (SSSR count). The number of hydrogen-bond acceptors (Lipinski definition) is 3. The molecule has 2 aliphatic rings. The zero-order valence-electron chi connectivity index (χ0n) is 11.9. The van der Waals surface area contributed by atoms with Crippen LogP contribution < -0.4 is 10.6 Å². The van der Waals surface area contributed by atoms with Gasteiger partial charge in [0.1, 0.15) is 0 Å². The van der Waals surface area contributed by atoms with Crippen molar-refractivity contribution in [2.24, 2.45) is 0 Å². The van der Waals surface area contributed by atoms with E-state index >= 15 is 0 Å². The summed E-state index contributed by atoms with van der Waals surface area (Å²) in [5.74, 6) is 0.0417. The molecule has 2 N–H and O–H groups in total. The standard InChI is InChI=1S/C15H20ClN3O/c1-9(2)19-4-3-11(8-19)17-14-5-10-6-15(20)18-13(10)7-12(14)16/h5,7,9,11,17H,3-4,6,8H2,1-2H3,(H,18,20). The molecule has 1 amide bonds. The molecule has 0 saturated carbocycles. The van der Waals surface area contributed by atoms with Gasteiger partial charge >= 0.3 is 0 Å². The summed E-state index contributed by atoms with van der Waals surface area (Å²) in [7, 11) is 0. The predicted molar refractivity (Wildman–Crippen MR) is 82.5 cm³/mol. The van der Waals surface area contributed by atoms with Crippen LogP contribution in [0.5, 0.6) is 0 Å². The van der Waals surface area contributed by atoms with E-state index in [4.69, 9.17) is 11.6 Å². The Hall–Kier alpha value is -1.26. The van der Waals surface area contributed by atoms with Crippen LogP contribution in [0.25, 0.3) is 0 Å². The second kappa shape index (κ2) is 5.26. The molecule has 2 aliphatic heterocycles. The lowest BCUT2D eigenvalue weighted by Gasteiger charge is -2.21. The number of carbonyl (C=O) groups excluding carboxylic acids is 1. The summed E-state index contributed by atoms with van der Waals surface area (Å²) in [5, 5.41) is 7.02. The molecule has 2 heterocycles. The molecule has 0 spiro atoms. The third kappa shape index (κ3) is 2.63. The van der Waals surface area contributed by atoms with Crippen molar-refractivity contribution in [3.8, 4) is 0 Å². The summed E-state index contributed by atoms with van der Waals surface area (Å²) in [4.78, 5) is 13.9. The number of nitrogens with zero attached hydrogens (tertiary/aromatic N) is 1. The van der Waals surface area contributed by atoms with Crippen molar-refractivity contribution in [1.82, 2.24) is 4.90 Å². The van der Waals surface area contributed by atoms with E-state index in [1.807, 2.05) is 12.1 Å². The number of anilines is 2. The Morgan fingerprint density at radius 1 is 1.45 bits per heavy atom. The number of nitrogens with one attached hydrogen (secondary N) is 2. The summed E-state index contributed by atoms with van der Waals surface area (Å²) in [5.41, 5.74) is 2.82. The molecule has 1 atom stereocenters. The summed E-state index contributed by atoms with van der Waals surface area (Å²) < 4.78 is 0. The van der Waals surface area contributed by atoms with E-state index in [9.17, 15) is 4.79 Å². The lowest BCUT2D eigenvalue weighted by Crippen LogP contribution is -2.31. The van der Waals surface area contributed by atoms with Gasteiger partial charge in [0.2, 0.25) is 5.91 Å². The first-order chi connectivity index (χ1) is 9.52. The van der Waals surface area contributed by atoms with Crippen LogP contribution in [0.2, 0.25) is 5.02 Å². The maximum absolute atomic E-state index is 11.4. The van der Waals surface area contributed by atoms with Gasteiger partial charge in [-0.2, -0.15) is 0 Å². The highest BCUT2D eigenvalue weighted by molar-refractivity contribution is 6.33. The Bertz CT molecular complexity index is 544. The van der Waals surface area contributed by atoms with Gasteiger partial charge < -0.3 is 10.6 Å². The summed E-state index contributed by atoms with van der Waals surface area (Å²) >= 11 is 6.31. The van der Waals surface area contributed by atoms with Crippen LogP contribution in [0, 0.1) is 0 Å². The number of likely N-dealkylation sites (tertiary alicyclic amines) is 1. The minimum atomic E-state index is 0.0417. The van der Waals surface area contributed by atoms with Crippen molar-refractivity contribution >= 4 is 28.9 Å². The number of fused-ring (bicyclic) bond motifs is 1. The first-order valence-corrected chi connectivity index (χ1v) is 7.53. The number of amides is 1. The molecule has 1 saturated heterocycles. The average molecular weight is 294 g/mol. The molecule has 1 unspecified atom stereocenters. The van der Waals surface area contributed by atoms with E-state index in [-0.39, 0.29) is 5.91 Å². The van der Waals surface area contributed by atoms with E-state index in [0.717, 1.165) is 36.4 Å².